The van der Waals surface area contributed by atoms with Crippen molar-refractivity contribution in [3.05, 3.63) is 63.6 Å². The number of para-hydroxylation sites is 1. The zero-order valence-electron chi connectivity index (χ0n) is 16.2. The van der Waals surface area contributed by atoms with Crippen molar-refractivity contribution < 1.29 is 19.0 Å². The molecule has 0 spiro atoms. The number of rotatable bonds is 3. The van der Waals surface area contributed by atoms with E-state index in [9.17, 15) is 23.8 Å². The van der Waals surface area contributed by atoms with Crippen molar-refractivity contribution in [2.24, 2.45) is 5.73 Å². The van der Waals surface area contributed by atoms with Crippen LogP contribution in [0.25, 0.3) is 11.0 Å². The summed E-state index contributed by atoms with van der Waals surface area (Å²) in [7, 11) is 0. The molecule has 6 nitrogen and oxygen atoms in total. The number of hydrogen-bond donors (Lipinski definition) is 4. The second kappa shape index (κ2) is 8.75. The maximum atomic E-state index is 12.8. The monoisotopic (exact) mass is 405 g/mol. The van der Waals surface area contributed by atoms with Crippen molar-refractivity contribution >= 4 is 11.0 Å². The summed E-state index contributed by atoms with van der Waals surface area (Å²) >= 11 is 0. The van der Waals surface area contributed by atoms with Crippen LogP contribution in [-0.2, 0) is 13.0 Å². The third-order valence-corrected chi connectivity index (χ3v) is 5.02. The lowest BCUT2D eigenvalue weighted by Gasteiger charge is -2.07. The highest BCUT2D eigenvalue weighted by atomic mass is 19.1. The highest BCUT2D eigenvalue weighted by molar-refractivity contribution is 5.79. The number of nitrogens with two attached hydrogens (primary N) is 1. The highest BCUT2D eigenvalue weighted by Gasteiger charge is 2.19. The molecule has 2 atom stereocenters. The van der Waals surface area contributed by atoms with Gasteiger partial charge in [0.25, 0.3) is 0 Å². The fraction of sp³-hybridized carbons (Fsp3) is 0.381. The van der Waals surface area contributed by atoms with Crippen LogP contribution in [0.4, 0.5) is 8.78 Å². The number of aryl methyl sites for hydroxylation is 2. The van der Waals surface area contributed by atoms with Crippen LogP contribution >= 0.6 is 0 Å². The van der Waals surface area contributed by atoms with Gasteiger partial charge in [-0.1, -0.05) is 12.1 Å². The van der Waals surface area contributed by atoms with E-state index < -0.39 is 23.5 Å². The van der Waals surface area contributed by atoms with Gasteiger partial charge in [-0.2, -0.15) is 0 Å². The summed E-state index contributed by atoms with van der Waals surface area (Å²) in [4.78, 5) is 14.4. The quantitative estimate of drug-likeness (QED) is 0.537. The molecule has 0 saturated heterocycles. The maximum absolute atomic E-state index is 12.8. The van der Waals surface area contributed by atoms with Gasteiger partial charge in [0.1, 0.15) is 5.82 Å². The molecule has 0 aliphatic carbocycles. The number of halogens is 2. The molecule has 3 aromatic rings. The van der Waals surface area contributed by atoms with E-state index in [2.05, 4.69) is 4.98 Å². The molecule has 1 aliphatic heterocycles. The molecule has 0 fully saturated rings. The molecular formula is C21H25F2N3O3. The number of H-pyrrole nitrogens is 1. The summed E-state index contributed by atoms with van der Waals surface area (Å²) in [5, 5.41) is 19.2. The number of aromatic amines is 1. The van der Waals surface area contributed by atoms with Crippen molar-refractivity contribution in [3.63, 3.8) is 0 Å². The summed E-state index contributed by atoms with van der Waals surface area (Å²) in [5.74, 6) is -2.09. The molecule has 2 aromatic carbocycles. The molecule has 29 heavy (non-hydrogen) atoms. The fourth-order valence-corrected chi connectivity index (χ4v) is 3.52. The van der Waals surface area contributed by atoms with Crippen LogP contribution in [0.1, 0.15) is 43.4 Å². The first-order chi connectivity index (χ1) is 13.8. The largest absolute Gasteiger partial charge is 0.505 e. The molecule has 2 unspecified atom stereocenters. The third kappa shape index (κ3) is 4.65. The molecule has 0 bridgehead atoms. The van der Waals surface area contributed by atoms with Crippen molar-refractivity contribution in [3.8, 4) is 5.75 Å². The van der Waals surface area contributed by atoms with Crippen LogP contribution in [-0.4, -0.2) is 25.8 Å². The van der Waals surface area contributed by atoms with Crippen LogP contribution in [0, 0.1) is 11.6 Å². The van der Waals surface area contributed by atoms with Gasteiger partial charge in [0.15, 0.2) is 11.6 Å². The number of phenolic OH excluding ortho intramolecular Hbond substituents is 1. The Morgan fingerprint density at radius 1 is 1.34 bits per heavy atom. The number of aliphatic hydroxyl groups excluding tert-OH is 1. The van der Waals surface area contributed by atoms with E-state index in [4.69, 9.17) is 5.73 Å². The molecule has 8 heteroatoms. The molecule has 0 saturated carbocycles. The second-order valence-electron chi connectivity index (χ2n) is 7.39. The minimum Gasteiger partial charge on any atom is -0.505 e. The molecular weight excluding hydrogens is 380 g/mol. The first-order valence-corrected chi connectivity index (χ1v) is 9.60. The van der Waals surface area contributed by atoms with Crippen LogP contribution in [0.3, 0.4) is 0 Å². The maximum Gasteiger partial charge on any atom is 0.326 e. The van der Waals surface area contributed by atoms with Gasteiger partial charge in [0, 0.05) is 24.2 Å². The number of aromatic hydroxyl groups is 1. The summed E-state index contributed by atoms with van der Waals surface area (Å²) in [6.45, 7) is 2.49. The van der Waals surface area contributed by atoms with Crippen molar-refractivity contribution in [1.82, 2.24) is 9.55 Å². The van der Waals surface area contributed by atoms with Crippen LogP contribution in [0.15, 0.2) is 35.1 Å². The second-order valence-corrected chi connectivity index (χ2v) is 7.39. The van der Waals surface area contributed by atoms with E-state index in [1.807, 2.05) is 18.2 Å². The lowest BCUT2D eigenvalue weighted by atomic mass is 10.1. The summed E-state index contributed by atoms with van der Waals surface area (Å²) in [6.07, 6.45) is 2.06. The van der Waals surface area contributed by atoms with E-state index in [1.54, 1.807) is 11.5 Å². The first-order valence-electron chi connectivity index (χ1n) is 9.60. The Labute approximate surface area is 166 Å². The number of nitrogens with zero attached hydrogens (tertiary/aromatic N) is 1. The minimum absolute atomic E-state index is 0.0549. The van der Waals surface area contributed by atoms with E-state index in [0.29, 0.717) is 25.5 Å². The Balaban J connectivity index is 0.000000166. The minimum atomic E-state index is -0.926. The van der Waals surface area contributed by atoms with Gasteiger partial charge in [0.05, 0.1) is 17.1 Å². The molecule has 4 rings (SSSR count). The Kier molecular flexibility index (Phi) is 6.34. The van der Waals surface area contributed by atoms with Gasteiger partial charge in [-0.15, -0.1) is 0 Å². The zero-order chi connectivity index (χ0) is 21.1. The van der Waals surface area contributed by atoms with Gasteiger partial charge in [0.2, 0.25) is 0 Å². The van der Waals surface area contributed by atoms with E-state index in [-0.39, 0.29) is 17.3 Å². The molecule has 1 aliphatic rings. The summed E-state index contributed by atoms with van der Waals surface area (Å²) < 4.78 is 27.3. The van der Waals surface area contributed by atoms with Gasteiger partial charge < -0.3 is 20.9 Å². The summed E-state index contributed by atoms with van der Waals surface area (Å²) in [6, 6.07) is 7.36. The predicted molar refractivity (Wildman–Crippen MR) is 107 cm³/mol. The van der Waals surface area contributed by atoms with Crippen LogP contribution < -0.4 is 11.4 Å². The zero-order valence-corrected chi connectivity index (χ0v) is 16.2. The number of aromatic nitrogens is 2. The van der Waals surface area contributed by atoms with E-state index in [1.165, 1.54) is 0 Å². The number of imidazole rings is 1. The molecule has 2 heterocycles. The molecule has 156 valence electrons. The number of nitrogens with one attached hydrogen (secondary N) is 1. The Morgan fingerprint density at radius 2 is 2.10 bits per heavy atom. The smallest absolute Gasteiger partial charge is 0.326 e. The lowest BCUT2D eigenvalue weighted by Crippen LogP contribution is -2.16. The fourth-order valence-electron chi connectivity index (χ4n) is 3.52. The van der Waals surface area contributed by atoms with E-state index in [0.717, 1.165) is 35.5 Å². The van der Waals surface area contributed by atoms with Crippen molar-refractivity contribution in [2.75, 3.05) is 0 Å². The average molecular weight is 405 g/mol. The standard InChI is InChI=1S/C11H12N2O2.C10H13F2NO/c14-9-5-2-6-13-10-7(9)3-1-4-8(10)12-11(13)15;1-6(13)2-3-7-4-8(11)5-9(12)10(7)14/h1,3-4,9,14H,2,5-6H2,(H,12,15);4-6,14H,2-3,13H2,1H3. The lowest BCUT2D eigenvalue weighted by molar-refractivity contribution is 0.167. The predicted octanol–water partition coefficient (Wildman–Crippen LogP) is 3.11. The molecule has 0 amide bonds. The van der Waals surface area contributed by atoms with Crippen molar-refractivity contribution in [1.29, 1.82) is 0 Å². The number of hydrogen-bond acceptors (Lipinski definition) is 4. The first kappa shape index (κ1) is 21.0. The Bertz CT molecular complexity index is 1060. The van der Waals surface area contributed by atoms with Crippen LogP contribution in [0.5, 0.6) is 5.75 Å². The number of aliphatic hydroxyl groups is 1. The van der Waals surface area contributed by atoms with E-state index >= 15 is 0 Å². The number of phenols is 1. The topological polar surface area (TPSA) is 104 Å². The Morgan fingerprint density at radius 3 is 2.83 bits per heavy atom. The molecule has 0 radical (unpaired) electrons. The molecule has 1 aromatic heterocycles. The Hall–Kier alpha value is -2.71. The van der Waals surface area contributed by atoms with Gasteiger partial charge >= 0.3 is 5.69 Å². The van der Waals surface area contributed by atoms with Gasteiger partial charge in [-0.3, -0.25) is 4.57 Å². The SMILES string of the molecule is CC(N)CCc1cc(F)cc(F)c1O.O=c1[nH]c2cccc3c2n1CCCC3O. The average Bonchev–Trinajstić information content (AvgIpc) is 2.88. The number of benzene rings is 2. The van der Waals surface area contributed by atoms with Gasteiger partial charge in [-0.05, 0) is 50.3 Å². The third-order valence-electron chi connectivity index (χ3n) is 5.02. The van der Waals surface area contributed by atoms with Gasteiger partial charge in [-0.25, -0.2) is 13.6 Å². The normalized spacial score (nSPS) is 16.8. The molecule has 5 N–H and O–H groups in total. The van der Waals surface area contributed by atoms with Crippen molar-refractivity contribution in [2.45, 2.75) is 51.3 Å². The van der Waals surface area contributed by atoms with Crippen LogP contribution in [0.2, 0.25) is 0 Å². The summed E-state index contributed by atoms with van der Waals surface area (Å²) in [5.41, 5.74) is 8.23. The highest BCUT2D eigenvalue weighted by Crippen LogP contribution is 2.28.